The van der Waals surface area contributed by atoms with Crippen LogP contribution in [0.15, 0.2) is 6.07 Å². The van der Waals surface area contributed by atoms with Crippen molar-refractivity contribution in [1.29, 1.82) is 5.26 Å². The van der Waals surface area contributed by atoms with Crippen molar-refractivity contribution >= 4 is 23.2 Å². The molecule has 1 aromatic rings. The Labute approximate surface area is 95.4 Å². The Hall–Kier alpha value is -0.920. The molecule has 0 aliphatic heterocycles. The third-order valence-electron chi connectivity index (χ3n) is 1.82. The SMILES string of the molecule is N#CCc1c(CCl)cc(Cl)nc1C(F)F. The molecule has 0 saturated carbocycles. The van der Waals surface area contributed by atoms with Gasteiger partial charge >= 0.3 is 0 Å². The van der Waals surface area contributed by atoms with E-state index in [4.69, 9.17) is 28.5 Å². The molecule has 1 rings (SSSR count). The van der Waals surface area contributed by atoms with E-state index in [0.29, 0.717) is 5.56 Å². The third-order valence-corrected chi connectivity index (χ3v) is 2.31. The summed E-state index contributed by atoms with van der Waals surface area (Å²) in [5, 5.41) is 8.48. The van der Waals surface area contributed by atoms with E-state index >= 15 is 0 Å². The Kier molecular flexibility index (Phi) is 4.25. The number of nitrogens with zero attached hydrogens (tertiary/aromatic N) is 2. The van der Waals surface area contributed by atoms with E-state index in [0.717, 1.165) is 0 Å². The molecule has 0 amide bonds. The molecule has 1 heterocycles. The monoisotopic (exact) mass is 250 g/mol. The van der Waals surface area contributed by atoms with Gasteiger partial charge in [0.15, 0.2) is 0 Å². The minimum absolute atomic E-state index is 0.0268. The van der Waals surface area contributed by atoms with Crippen LogP contribution in [0.1, 0.15) is 23.2 Å². The molecule has 0 spiro atoms. The van der Waals surface area contributed by atoms with Crippen LogP contribution in [-0.2, 0) is 12.3 Å². The van der Waals surface area contributed by atoms with Gasteiger partial charge < -0.3 is 0 Å². The van der Waals surface area contributed by atoms with E-state index < -0.39 is 12.1 Å². The van der Waals surface area contributed by atoms with Crippen LogP contribution in [0.2, 0.25) is 5.15 Å². The highest BCUT2D eigenvalue weighted by molar-refractivity contribution is 6.29. The van der Waals surface area contributed by atoms with Crippen LogP contribution < -0.4 is 0 Å². The molecule has 2 nitrogen and oxygen atoms in total. The lowest BCUT2D eigenvalue weighted by atomic mass is 10.1. The lowest BCUT2D eigenvalue weighted by Crippen LogP contribution is -2.02. The van der Waals surface area contributed by atoms with Crippen LogP contribution in [0, 0.1) is 11.3 Å². The average Bonchev–Trinajstić information content (AvgIpc) is 2.19. The molecule has 0 fully saturated rings. The number of halogens is 4. The van der Waals surface area contributed by atoms with Gasteiger partial charge in [-0.2, -0.15) is 5.26 Å². The number of hydrogen-bond acceptors (Lipinski definition) is 2. The van der Waals surface area contributed by atoms with Gasteiger partial charge in [0.25, 0.3) is 6.43 Å². The second-order valence-corrected chi connectivity index (χ2v) is 3.39. The van der Waals surface area contributed by atoms with Crippen molar-refractivity contribution in [2.24, 2.45) is 0 Å². The molecule has 1 aromatic heterocycles. The number of rotatable bonds is 3. The lowest BCUT2D eigenvalue weighted by Gasteiger charge is -2.09. The van der Waals surface area contributed by atoms with Crippen LogP contribution in [0.25, 0.3) is 0 Å². The maximum absolute atomic E-state index is 12.6. The van der Waals surface area contributed by atoms with E-state index in [-0.39, 0.29) is 23.0 Å². The van der Waals surface area contributed by atoms with Crippen molar-refractivity contribution < 1.29 is 8.78 Å². The summed E-state index contributed by atoms with van der Waals surface area (Å²) in [4.78, 5) is 3.51. The van der Waals surface area contributed by atoms with E-state index in [9.17, 15) is 8.78 Å². The number of hydrogen-bond donors (Lipinski definition) is 0. The second kappa shape index (κ2) is 5.24. The number of alkyl halides is 3. The molecule has 80 valence electrons. The lowest BCUT2D eigenvalue weighted by molar-refractivity contribution is 0.145. The van der Waals surface area contributed by atoms with E-state index in [1.807, 2.05) is 0 Å². The van der Waals surface area contributed by atoms with Gasteiger partial charge in [-0.3, -0.25) is 0 Å². The second-order valence-electron chi connectivity index (χ2n) is 2.74. The quantitative estimate of drug-likeness (QED) is 0.609. The predicted octanol–water partition coefficient (Wildman–Crippen LogP) is 3.48. The highest BCUT2D eigenvalue weighted by Gasteiger charge is 2.18. The van der Waals surface area contributed by atoms with E-state index in [1.165, 1.54) is 6.07 Å². The first kappa shape index (κ1) is 12.2. The first-order valence-electron chi connectivity index (χ1n) is 3.99. The van der Waals surface area contributed by atoms with Gasteiger partial charge in [0.1, 0.15) is 10.8 Å². The average molecular weight is 251 g/mol. The van der Waals surface area contributed by atoms with Crippen molar-refractivity contribution in [2.75, 3.05) is 0 Å². The highest BCUT2D eigenvalue weighted by atomic mass is 35.5. The molecule has 0 N–H and O–H groups in total. The molecule has 0 radical (unpaired) electrons. The van der Waals surface area contributed by atoms with Crippen molar-refractivity contribution in [3.05, 3.63) is 28.0 Å². The summed E-state index contributed by atoms with van der Waals surface area (Å²) in [7, 11) is 0. The molecular weight excluding hydrogens is 245 g/mol. The molecule has 0 bridgehead atoms. The maximum Gasteiger partial charge on any atom is 0.280 e. The molecule has 0 aliphatic rings. The Morgan fingerprint density at radius 1 is 1.53 bits per heavy atom. The van der Waals surface area contributed by atoms with Crippen LogP contribution in [0.4, 0.5) is 8.78 Å². The molecule has 15 heavy (non-hydrogen) atoms. The fraction of sp³-hybridized carbons (Fsp3) is 0.333. The van der Waals surface area contributed by atoms with Gasteiger partial charge in [-0.15, -0.1) is 11.6 Å². The first-order chi connectivity index (χ1) is 7.10. The van der Waals surface area contributed by atoms with Crippen molar-refractivity contribution in [3.63, 3.8) is 0 Å². The Bertz CT molecular complexity index is 402. The zero-order chi connectivity index (χ0) is 11.4. The maximum atomic E-state index is 12.6. The standard InChI is InChI=1S/C9H6Cl2F2N2/c10-4-5-3-7(11)15-8(9(12)13)6(5)1-2-14/h3,9H,1,4H2. The van der Waals surface area contributed by atoms with E-state index in [1.54, 1.807) is 6.07 Å². The Morgan fingerprint density at radius 2 is 2.20 bits per heavy atom. The summed E-state index contributed by atoms with van der Waals surface area (Å²) in [5.41, 5.74) is 0.139. The molecule has 0 saturated heterocycles. The molecule has 0 atom stereocenters. The Morgan fingerprint density at radius 3 is 2.67 bits per heavy atom. The molecular formula is C9H6Cl2F2N2. The van der Waals surface area contributed by atoms with Crippen LogP contribution in [-0.4, -0.2) is 4.98 Å². The van der Waals surface area contributed by atoms with Gasteiger partial charge in [0.05, 0.1) is 12.5 Å². The van der Waals surface area contributed by atoms with Crippen molar-refractivity contribution in [3.8, 4) is 6.07 Å². The van der Waals surface area contributed by atoms with Gasteiger partial charge in [0.2, 0.25) is 0 Å². The summed E-state index contributed by atoms with van der Waals surface area (Å²) in [5.74, 6) is 0.0268. The van der Waals surface area contributed by atoms with Gasteiger partial charge in [-0.25, -0.2) is 13.8 Å². The third kappa shape index (κ3) is 2.77. The van der Waals surface area contributed by atoms with Gasteiger partial charge in [-0.05, 0) is 17.2 Å². The summed E-state index contributed by atoms with van der Waals surface area (Å²) in [6.07, 6.45) is -2.90. The fourth-order valence-electron chi connectivity index (χ4n) is 1.19. The first-order valence-corrected chi connectivity index (χ1v) is 4.90. The van der Waals surface area contributed by atoms with Gasteiger partial charge in [0, 0.05) is 5.88 Å². The highest BCUT2D eigenvalue weighted by Crippen LogP contribution is 2.27. The molecule has 0 aromatic carbocycles. The smallest absolute Gasteiger partial charge is 0.235 e. The van der Waals surface area contributed by atoms with Crippen LogP contribution in [0.3, 0.4) is 0 Å². The molecule has 0 unspecified atom stereocenters. The van der Waals surface area contributed by atoms with Gasteiger partial charge in [-0.1, -0.05) is 11.6 Å². The summed E-state index contributed by atoms with van der Waals surface area (Å²) >= 11 is 11.1. The van der Waals surface area contributed by atoms with Crippen LogP contribution >= 0.6 is 23.2 Å². The normalized spacial score (nSPS) is 10.4. The topological polar surface area (TPSA) is 36.7 Å². The van der Waals surface area contributed by atoms with E-state index in [2.05, 4.69) is 4.98 Å². The molecule has 6 heteroatoms. The van der Waals surface area contributed by atoms with Crippen molar-refractivity contribution in [2.45, 2.75) is 18.7 Å². The Balaban J connectivity index is 3.34. The number of pyridine rings is 1. The predicted molar refractivity (Wildman–Crippen MR) is 53.1 cm³/mol. The zero-order valence-corrected chi connectivity index (χ0v) is 8.99. The largest absolute Gasteiger partial charge is 0.280 e. The number of nitriles is 1. The number of aromatic nitrogens is 1. The minimum Gasteiger partial charge on any atom is -0.235 e. The van der Waals surface area contributed by atoms with Crippen LogP contribution in [0.5, 0.6) is 0 Å². The van der Waals surface area contributed by atoms with Crippen molar-refractivity contribution in [1.82, 2.24) is 4.98 Å². The summed E-state index contributed by atoms with van der Waals surface area (Å²) in [6.45, 7) is 0. The summed E-state index contributed by atoms with van der Waals surface area (Å²) in [6, 6.07) is 3.19. The fourth-order valence-corrected chi connectivity index (χ4v) is 1.65. The molecule has 0 aliphatic carbocycles. The summed E-state index contributed by atoms with van der Waals surface area (Å²) < 4.78 is 25.1. The minimum atomic E-state index is -2.76. The zero-order valence-electron chi connectivity index (χ0n) is 7.48.